The number of ether oxygens (including phenoxy) is 2. The molecule has 0 heterocycles. The highest BCUT2D eigenvalue weighted by atomic mass is 16.5. The third-order valence-electron chi connectivity index (χ3n) is 3.30. The normalized spacial score (nSPS) is 13.6. The molecular weight excluding hydrogens is 254 g/mol. The lowest BCUT2D eigenvalue weighted by molar-refractivity contribution is 0.147. The molecule has 0 fully saturated rings. The van der Waals surface area contributed by atoms with Crippen molar-refractivity contribution in [2.24, 2.45) is 5.73 Å². The van der Waals surface area contributed by atoms with E-state index in [2.05, 4.69) is 0 Å². The Bertz CT molecular complexity index is 485. The zero-order valence-electron chi connectivity index (χ0n) is 11.6. The quantitative estimate of drug-likeness (QED) is 0.878. The molecule has 0 bridgehead atoms. The minimum Gasteiger partial charge on any atom is -0.497 e. The molecule has 20 heavy (non-hydrogen) atoms. The lowest BCUT2D eigenvalue weighted by atomic mass is 9.96. The standard InChI is InChI=1S/C16H19NO3/c1-19-13-7-3-11(4-8-13)15(17)16(18)12-5-9-14(20-2)10-6-12/h3-10,15-16,18H,17H2,1-2H3/t15-,16+/m1/s1. The average molecular weight is 273 g/mol. The fraction of sp³-hybridized carbons (Fsp3) is 0.250. The van der Waals surface area contributed by atoms with Crippen LogP contribution in [0.5, 0.6) is 11.5 Å². The van der Waals surface area contributed by atoms with Crippen LogP contribution in [0, 0.1) is 0 Å². The van der Waals surface area contributed by atoms with E-state index < -0.39 is 12.1 Å². The summed E-state index contributed by atoms with van der Waals surface area (Å²) in [5.41, 5.74) is 7.72. The van der Waals surface area contributed by atoms with E-state index in [-0.39, 0.29) is 0 Å². The summed E-state index contributed by atoms with van der Waals surface area (Å²) in [5.74, 6) is 1.51. The van der Waals surface area contributed by atoms with Gasteiger partial charge >= 0.3 is 0 Å². The number of hydrogen-bond donors (Lipinski definition) is 2. The summed E-state index contributed by atoms with van der Waals surface area (Å²) in [6.07, 6.45) is -0.769. The van der Waals surface area contributed by atoms with Crippen LogP contribution in [0.1, 0.15) is 23.3 Å². The second-order valence-electron chi connectivity index (χ2n) is 4.52. The molecule has 4 nitrogen and oxygen atoms in total. The highest BCUT2D eigenvalue weighted by Crippen LogP contribution is 2.28. The third kappa shape index (κ3) is 3.10. The van der Waals surface area contributed by atoms with Crippen molar-refractivity contribution in [2.45, 2.75) is 12.1 Å². The van der Waals surface area contributed by atoms with E-state index in [0.717, 1.165) is 22.6 Å². The number of aliphatic hydroxyl groups excluding tert-OH is 1. The highest BCUT2D eigenvalue weighted by molar-refractivity contribution is 5.33. The van der Waals surface area contributed by atoms with Crippen LogP contribution >= 0.6 is 0 Å². The molecule has 2 atom stereocenters. The molecule has 4 heteroatoms. The minimum absolute atomic E-state index is 0.491. The van der Waals surface area contributed by atoms with E-state index in [1.807, 2.05) is 36.4 Å². The number of methoxy groups -OCH3 is 2. The summed E-state index contributed by atoms with van der Waals surface area (Å²) >= 11 is 0. The van der Waals surface area contributed by atoms with E-state index in [0.29, 0.717) is 0 Å². The molecule has 0 spiro atoms. The first-order valence-electron chi connectivity index (χ1n) is 6.37. The highest BCUT2D eigenvalue weighted by Gasteiger charge is 2.18. The van der Waals surface area contributed by atoms with Crippen molar-refractivity contribution in [3.05, 3.63) is 59.7 Å². The molecule has 0 aromatic heterocycles. The van der Waals surface area contributed by atoms with Gasteiger partial charge in [0.2, 0.25) is 0 Å². The minimum atomic E-state index is -0.769. The molecule has 0 amide bonds. The second-order valence-corrected chi connectivity index (χ2v) is 4.52. The van der Waals surface area contributed by atoms with Gasteiger partial charge < -0.3 is 20.3 Å². The van der Waals surface area contributed by atoms with Crippen molar-refractivity contribution in [3.8, 4) is 11.5 Å². The van der Waals surface area contributed by atoms with E-state index in [1.54, 1.807) is 26.4 Å². The summed E-state index contributed by atoms with van der Waals surface area (Å²) in [5, 5.41) is 10.3. The van der Waals surface area contributed by atoms with Crippen molar-refractivity contribution < 1.29 is 14.6 Å². The lowest BCUT2D eigenvalue weighted by Gasteiger charge is -2.20. The molecule has 0 saturated heterocycles. The van der Waals surface area contributed by atoms with Crippen LogP contribution in [0.4, 0.5) is 0 Å². The molecule has 0 unspecified atom stereocenters. The first-order valence-corrected chi connectivity index (χ1v) is 6.37. The van der Waals surface area contributed by atoms with Gasteiger partial charge in [-0.2, -0.15) is 0 Å². The molecule has 2 aromatic carbocycles. The third-order valence-corrected chi connectivity index (χ3v) is 3.30. The molecule has 0 aliphatic rings. The van der Waals surface area contributed by atoms with Gasteiger partial charge in [0.1, 0.15) is 11.5 Å². The van der Waals surface area contributed by atoms with Crippen LogP contribution in [0.3, 0.4) is 0 Å². The zero-order chi connectivity index (χ0) is 14.5. The van der Waals surface area contributed by atoms with Gasteiger partial charge in [-0.15, -0.1) is 0 Å². The summed E-state index contributed by atoms with van der Waals surface area (Å²) in [6, 6.07) is 14.1. The number of hydrogen-bond acceptors (Lipinski definition) is 4. The second kappa shape index (κ2) is 6.41. The van der Waals surface area contributed by atoms with Crippen molar-refractivity contribution in [1.29, 1.82) is 0 Å². The van der Waals surface area contributed by atoms with E-state index >= 15 is 0 Å². The Morgan fingerprint density at radius 3 is 1.60 bits per heavy atom. The molecule has 0 aliphatic carbocycles. The predicted octanol–water partition coefficient (Wildman–Crippen LogP) is 2.44. The van der Waals surface area contributed by atoms with Gasteiger partial charge in [0.15, 0.2) is 0 Å². The van der Waals surface area contributed by atoms with E-state index in [9.17, 15) is 5.11 Å². The molecule has 106 valence electrons. The summed E-state index contributed by atoms with van der Waals surface area (Å²) in [6.45, 7) is 0. The number of benzene rings is 2. The SMILES string of the molecule is COc1ccc([C@@H](N)[C@@H](O)c2ccc(OC)cc2)cc1. The Hall–Kier alpha value is -2.04. The largest absolute Gasteiger partial charge is 0.497 e. The van der Waals surface area contributed by atoms with Crippen LogP contribution in [-0.4, -0.2) is 19.3 Å². The van der Waals surface area contributed by atoms with Crippen molar-refractivity contribution in [3.63, 3.8) is 0 Å². The van der Waals surface area contributed by atoms with Crippen LogP contribution < -0.4 is 15.2 Å². The van der Waals surface area contributed by atoms with Crippen LogP contribution in [0.15, 0.2) is 48.5 Å². The maximum atomic E-state index is 10.3. The Morgan fingerprint density at radius 1 is 0.800 bits per heavy atom. The summed E-state index contributed by atoms with van der Waals surface area (Å²) in [7, 11) is 3.22. The maximum absolute atomic E-state index is 10.3. The smallest absolute Gasteiger partial charge is 0.118 e. The summed E-state index contributed by atoms with van der Waals surface area (Å²) < 4.78 is 10.2. The van der Waals surface area contributed by atoms with Gasteiger partial charge in [-0.1, -0.05) is 24.3 Å². The molecule has 0 aliphatic heterocycles. The Balaban J connectivity index is 2.15. The van der Waals surface area contributed by atoms with Gasteiger partial charge in [0, 0.05) is 0 Å². The van der Waals surface area contributed by atoms with Gasteiger partial charge in [-0.3, -0.25) is 0 Å². The summed E-state index contributed by atoms with van der Waals surface area (Å²) in [4.78, 5) is 0. The van der Waals surface area contributed by atoms with Crippen LogP contribution in [-0.2, 0) is 0 Å². The van der Waals surface area contributed by atoms with Crippen molar-refractivity contribution in [1.82, 2.24) is 0 Å². The molecular formula is C16H19NO3. The van der Waals surface area contributed by atoms with E-state index in [1.165, 1.54) is 0 Å². The predicted molar refractivity (Wildman–Crippen MR) is 77.9 cm³/mol. The fourth-order valence-electron chi connectivity index (χ4n) is 2.02. The lowest BCUT2D eigenvalue weighted by Crippen LogP contribution is -2.19. The monoisotopic (exact) mass is 273 g/mol. The first kappa shape index (κ1) is 14.4. The van der Waals surface area contributed by atoms with Gasteiger partial charge in [-0.05, 0) is 35.4 Å². The van der Waals surface area contributed by atoms with Crippen LogP contribution in [0.25, 0.3) is 0 Å². The number of nitrogens with two attached hydrogens (primary N) is 1. The average Bonchev–Trinajstić information content (AvgIpc) is 2.53. The first-order chi connectivity index (χ1) is 9.65. The molecule has 0 radical (unpaired) electrons. The van der Waals surface area contributed by atoms with Gasteiger partial charge in [0.25, 0.3) is 0 Å². The number of aliphatic hydroxyl groups is 1. The van der Waals surface area contributed by atoms with Gasteiger partial charge in [0.05, 0.1) is 26.4 Å². The fourth-order valence-corrected chi connectivity index (χ4v) is 2.02. The zero-order valence-corrected chi connectivity index (χ0v) is 11.6. The number of rotatable bonds is 5. The Labute approximate surface area is 118 Å². The Morgan fingerprint density at radius 2 is 1.20 bits per heavy atom. The molecule has 0 saturated carbocycles. The topological polar surface area (TPSA) is 64.7 Å². The Kier molecular flexibility index (Phi) is 4.61. The molecule has 2 rings (SSSR count). The molecule has 3 N–H and O–H groups in total. The molecule has 2 aromatic rings. The van der Waals surface area contributed by atoms with Gasteiger partial charge in [-0.25, -0.2) is 0 Å². The van der Waals surface area contributed by atoms with Crippen molar-refractivity contribution in [2.75, 3.05) is 14.2 Å². The van der Waals surface area contributed by atoms with E-state index in [4.69, 9.17) is 15.2 Å². The van der Waals surface area contributed by atoms with Crippen LogP contribution in [0.2, 0.25) is 0 Å². The maximum Gasteiger partial charge on any atom is 0.118 e. The van der Waals surface area contributed by atoms with Crippen molar-refractivity contribution >= 4 is 0 Å².